The number of carbonyl (C=O) groups excluding carboxylic acids is 1. The van der Waals surface area contributed by atoms with E-state index in [9.17, 15) is 4.79 Å². The van der Waals surface area contributed by atoms with Crippen LogP contribution in [0.25, 0.3) is 11.3 Å². The number of hydrogen-bond acceptors (Lipinski definition) is 4. The van der Waals surface area contributed by atoms with Crippen LogP contribution in [0.2, 0.25) is 10.0 Å². The summed E-state index contributed by atoms with van der Waals surface area (Å²) in [6.45, 7) is 4.80. The highest BCUT2D eigenvalue weighted by Crippen LogP contribution is 2.31. The third-order valence-corrected chi connectivity index (χ3v) is 5.92. The van der Waals surface area contributed by atoms with Crippen LogP contribution in [0.3, 0.4) is 0 Å². The molecule has 0 saturated carbocycles. The Balaban J connectivity index is 1.42. The Labute approximate surface area is 179 Å². The van der Waals surface area contributed by atoms with Crippen molar-refractivity contribution in [1.82, 2.24) is 10.1 Å². The van der Waals surface area contributed by atoms with Gasteiger partial charge in [0, 0.05) is 27.7 Å². The molecule has 0 bridgehead atoms. The standard InChI is InChI=1S/C22H20Cl2N2O3/c1-13-9-17(10-14(2)21(13)24)28-12-20(27)26-8-7-18-19(11-26)25-29-22(18)15-3-5-16(23)6-4-15/h3-6,9-10H,7-8,11-12H2,1-2H3. The fourth-order valence-corrected chi connectivity index (χ4v) is 3.73. The van der Waals surface area contributed by atoms with E-state index in [0.717, 1.165) is 38.7 Å². The first kappa shape index (κ1) is 19.8. The summed E-state index contributed by atoms with van der Waals surface area (Å²) in [5.41, 5.74) is 4.61. The minimum absolute atomic E-state index is 0.0300. The monoisotopic (exact) mass is 430 g/mol. The Morgan fingerprint density at radius 1 is 1.17 bits per heavy atom. The van der Waals surface area contributed by atoms with E-state index in [4.69, 9.17) is 32.5 Å². The summed E-state index contributed by atoms with van der Waals surface area (Å²) in [4.78, 5) is 14.4. The van der Waals surface area contributed by atoms with E-state index in [1.54, 1.807) is 4.90 Å². The number of fused-ring (bicyclic) bond motifs is 1. The second kappa shape index (κ2) is 8.09. The quantitative estimate of drug-likeness (QED) is 0.568. The molecular weight excluding hydrogens is 411 g/mol. The van der Waals surface area contributed by atoms with Gasteiger partial charge in [-0.15, -0.1) is 0 Å². The largest absolute Gasteiger partial charge is 0.484 e. The average Bonchev–Trinajstić information content (AvgIpc) is 3.14. The molecular formula is C22H20Cl2N2O3. The number of halogens is 2. The van der Waals surface area contributed by atoms with Gasteiger partial charge in [0.1, 0.15) is 11.4 Å². The summed E-state index contributed by atoms with van der Waals surface area (Å²) in [5, 5.41) is 5.57. The van der Waals surface area contributed by atoms with E-state index in [2.05, 4.69) is 5.16 Å². The van der Waals surface area contributed by atoms with Crippen molar-refractivity contribution in [2.75, 3.05) is 13.2 Å². The molecule has 0 atom stereocenters. The molecule has 2 heterocycles. The summed E-state index contributed by atoms with van der Waals surface area (Å²) in [7, 11) is 0. The zero-order valence-corrected chi connectivity index (χ0v) is 17.7. The first-order chi connectivity index (χ1) is 13.9. The van der Waals surface area contributed by atoms with E-state index >= 15 is 0 Å². The van der Waals surface area contributed by atoms with Crippen LogP contribution in [0.5, 0.6) is 5.75 Å². The lowest BCUT2D eigenvalue weighted by molar-refractivity contribution is -0.134. The molecule has 4 rings (SSSR count). The summed E-state index contributed by atoms with van der Waals surface area (Å²) in [6, 6.07) is 11.1. The number of benzene rings is 2. The highest BCUT2D eigenvalue weighted by atomic mass is 35.5. The normalized spacial score (nSPS) is 13.3. The highest BCUT2D eigenvalue weighted by Gasteiger charge is 2.27. The zero-order chi connectivity index (χ0) is 20.5. The second-order valence-corrected chi connectivity index (χ2v) is 7.98. The van der Waals surface area contributed by atoms with Crippen LogP contribution in [0.15, 0.2) is 40.9 Å². The number of aromatic nitrogens is 1. The maximum absolute atomic E-state index is 12.6. The van der Waals surface area contributed by atoms with E-state index in [1.807, 2.05) is 50.2 Å². The van der Waals surface area contributed by atoms with Crippen LogP contribution in [0.4, 0.5) is 0 Å². The number of aryl methyl sites for hydroxylation is 2. The minimum atomic E-state index is -0.0862. The SMILES string of the molecule is Cc1cc(OCC(=O)N2CCc3c(noc3-c3ccc(Cl)cc3)C2)cc(C)c1Cl. The van der Waals surface area contributed by atoms with Crippen molar-refractivity contribution >= 4 is 29.1 Å². The van der Waals surface area contributed by atoms with Crippen LogP contribution in [0.1, 0.15) is 22.4 Å². The Morgan fingerprint density at radius 3 is 2.55 bits per heavy atom. The molecule has 0 unspecified atom stereocenters. The van der Waals surface area contributed by atoms with Crippen LogP contribution >= 0.6 is 23.2 Å². The van der Waals surface area contributed by atoms with Crippen molar-refractivity contribution in [3.63, 3.8) is 0 Å². The van der Waals surface area contributed by atoms with Crippen LogP contribution < -0.4 is 4.74 Å². The van der Waals surface area contributed by atoms with Crippen molar-refractivity contribution in [2.45, 2.75) is 26.8 Å². The molecule has 29 heavy (non-hydrogen) atoms. The molecule has 0 fully saturated rings. The maximum atomic E-state index is 12.6. The van der Waals surface area contributed by atoms with Gasteiger partial charge in [-0.05, 0) is 67.8 Å². The number of carbonyl (C=O) groups is 1. The van der Waals surface area contributed by atoms with Gasteiger partial charge < -0.3 is 14.2 Å². The fraction of sp³-hybridized carbons (Fsp3) is 0.273. The number of hydrogen-bond donors (Lipinski definition) is 0. The van der Waals surface area contributed by atoms with Gasteiger partial charge >= 0.3 is 0 Å². The second-order valence-electron chi connectivity index (χ2n) is 7.17. The highest BCUT2D eigenvalue weighted by molar-refractivity contribution is 6.32. The predicted molar refractivity (Wildman–Crippen MR) is 112 cm³/mol. The van der Waals surface area contributed by atoms with Crippen molar-refractivity contribution in [2.24, 2.45) is 0 Å². The van der Waals surface area contributed by atoms with Crippen molar-refractivity contribution in [1.29, 1.82) is 0 Å². The van der Waals surface area contributed by atoms with Crippen molar-refractivity contribution in [3.8, 4) is 17.1 Å². The minimum Gasteiger partial charge on any atom is -0.484 e. The first-order valence-corrected chi connectivity index (χ1v) is 10.1. The first-order valence-electron chi connectivity index (χ1n) is 9.33. The third-order valence-electron chi connectivity index (χ3n) is 5.07. The summed E-state index contributed by atoms with van der Waals surface area (Å²) in [5.74, 6) is 1.30. The van der Waals surface area contributed by atoms with E-state index in [-0.39, 0.29) is 12.5 Å². The molecule has 3 aromatic rings. The molecule has 1 aromatic heterocycles. The average molecular weight is 431 g/mol. The van der Waals surface area contributed by atoms with Crippen LogP contribution in [-0.4, -0.2) is 29.1 Å². The molecule has 5 nitrogen and oxygen atoms in total. The summed E-state index contributed by atoms with van der Waals surface area (Å²) < 4.78 is 11.3. The molecule has 0 radical (unpaired) electrons. The molecule has 0 N–H and O–H groups in total. The number of ether oxygens (including phenoxy) is 1. The Hall–Kier alpha value is -2.50. The maximum Gasteiger partial charge on any atom is 0.260 e. The number of nitrogens with zero attached hydrogens (tertiary/aromatic N) is 2. The molecule has 0 saturated heterocycles. The van der Waals surface area contributed by atoms with Gasteiger partial charge in [-0.1, -0.05) is 28.4 Å². The van der Waals surface area contributed by atoms with Gasteiger partial charge in [-0.25, -0.2) is 0 Å². The molecule has 0 aliphatic carbocycles. The molecule has 1 aliphatic rings. The van der Waals surface area contributed by atoms with Gasteiger partial charge in [-0.3, -0.25) is 4.79 Å². The van der Waals surface area contributed by atoms with E-state index < -0.39 is 0 Å². The Kier molecular flexibility index (Phi) is 5.52. The van der Waals surface area contributed by atoms with Crippen molar-refractivity contribution in [3.05, 3.63) is 68.8 Å². The molecule has 2 aromatic carbocycles. The number of amides is 1. The third kappa shape index (κ3) is 4.11. The van der Waals surface area contributed by atoms with Gasteiger partial charge in [-0.2, -0.15) is 0 Å². The van der Waals surface area contributed by atoms with E-state index in [0.29, 0.717) is 30.3 Å². The summed E-state index contributed by atoms with van der Waals surface area (Å²) >= 11 is 12.1. The van der Waals surface area contributed by atoms with Gasteiger partial charge in [0.15, 0.2) is 12.4 Å². The van der Waals surface area contributed by atoms with Crippen LogP contribution in [-0.2, 0) is 17.8 Å². The smallest absolute Gasteiger partial charge is 0.260 e. The Morgan fingerprint density at radius 2 is 1.86 bits per heavy atom. The lowest BCUT2D eigenvalue weighted by atomic mass is 10.0. The van der Waals surface area contributed by atoms with E-state index in [1.165, 1.54) is 0 Å². The lowest BCUT2D eigenvalue weighted by Crippen LogP contribution is -2.38. The molecule has 150 valence electrons. The molecule has 1 amide bonds. The topological polar surface area (TPSA) is 55.6 Å². The van der Waals surface area contributed by atoms with Gasteiger partial charge in [0.05, 0.1) is 6.54 Å². The zero-order valence-electron chi connectivity index (χ0n) is 16.2. The van der Waals surface area contributed by atoms with Gasteiger partial charge in [0.2, 0.25) is 0 Å². The Bertz CT molecular complexity index is 1040. The molecule has 0 spiro atoms. The number of rotatable bonds is 4. The van der Waals surface area contributed by atoms with Crippen molar-refractivity contribution < 1.29 is 14.1 Å². The fourth-order valence-electron chi connectivity index (χ4n) is 3.50. The predicted octanol–water partition coefficient (Wildman–Crippen LogP) is 5.23. The molecule has 1 aliphatic heterocycles. The summed E-state index contributed by atoms with van der Waals surface area (Å²) in [6.07, 6.45) is 0.682. The van der Waals surface area contributed by atoms with Gasteiger partial charge in [0.25, 0.3) is 5.91 Å². The van der Waals surface area contributed by atoms with Crippen LogP contribution in [0, 0.1) is 13.8 Å². The lowest BCUT2D eigenvalue weighted by Gasteiger charge is -2.26. The molecule has 7 heteroatoms.